The second-order valence-corrected chi connectivity index (χ2v) is 11.4. The van der Waals surface area contributed by atoms with Gasteiger partial charge in [-0.15, -0.1) is 0 Å². The zero-order valence-corrected chi connectivity index (χ0v) is 22.7. The predicted octanol–water partition coefficient (Wildman–Crippen LogP) is 5.64. The van der Waals surface area contributed by atoms with Crippen LogP contribution in [0.3, 0.4) is 0 Å². The second kappa shape index (κ2) is 10.4. The number of rotatable bonds is 7. The number of aromatic nitrogens is 3. The van der Waals surface area contributed by atoms with Crippen molar-refractivity contribution in [3.63, 3.8) is 0 Å². The van der Waals surface area contributed by atoms with Crippen LogP contribution in [-0.4, -0.2) is 40.6 Å². The van der Waals surface area contributed by atoms with E-state index in [4.69, 9.17) is 16.6 Å². The Morgan fingerprint density at radius 3 is 2.45 bits per heavy atom. The molecule has 0 bridgehead atoms. The van der Waals surface area contributed by atoms with Crippen molar-refractivity contribution in [2.24, 2.45) is 7.05 Å². The summed E-state index contributed by atoms with van der Waals surface area (Å²) in [4.78, 5) is 16.7. The number of fused-ring (bicyclic) bond motifs is 2. The van der Waals surface area contributed by atoms with E-state index in [9.17, 15) is 27.1 Å². The molecule has 9 nitrogen and oxygen atoms in total. The number of carbonyl (C=O) groups is 1. The summed E-state index contributed by atoms with van der Waals surface area (Å²) in [5.41, 5.74) is 2.56. The van der Waals surface area contributed by atoms with E-state index >= 15 is 0 Å². The quantitative estimate of drug-likeness (QED) is 0.227. The van der Waals surface area contributed by atoms with Crippen LogP contribution < -0.4 is 10.0 Å². The molecule has 40 heavy (non-hydrogen) atoms. The van der Waals surface area contributed by atoms with Gasteiger partial charge in [0, 0.05) is 29.6 Å². The Hall–Kier alpha value is -4.29. The summed E-state index contributed by atoms with van der Waals surface area (Å²) in [7, 11) is -2.07. The van der Waals surface area contributed by atoms with Gasteiger partial charge in [0.1, 0.15) is 11.6 Å². The predicted molar refractivity (Wildman–Crippen MR) is 149 cm³/mol. The number of para-hydroxylation sites is 1. The smallest absolute Gasteiger partial charge is 0.405 e. The molecule has 0 saturated carbocycles. The number of nitrogens with zero attached hydrogens (tertiary/aromatic N) is 3. The van der Waals surface area contributed by atoms with E-state index in [0.29, 0.717) is 27.5 Å². The number of aryl methyl sites for hydroxylation is 1. The molecule has 0 aliphatic heterocycles. The van der Waals surface area contributed by atoms with Gasteiger partial charge in [-0.05, 0) is 42.3 Å². The zero-order valence-electron chi connectivity index (χ0n) is 21.1. The number of benzene rings is 3. The van der Waals surface area contributed by atoms with Gasteiger partial charge in [-0.2, -0.15) is 5.10 Å². The van der Waals surface area contributed by atoms with Crippen LogP contribution in [0.5, 0.6) is 0 Å². The molecule has 0 radical (unpaired) electrons. The van der Waals surface area contributed by atoms with Crippen molar-refractivity contribution in [3.8, 4) is 11.1 Å². The lowest BCUT2D eigenvalue weighted by atomic mass is 9.93. The molecule has 1 amide bonds. The third-order valence-electron chi connectivity index (χ3n) is 6.25. The van der Waals surface area contributed by atoms with E-state index in [-0.39, 0.29) is 28.5 Å². The Morgan fingerprint density at radius 2 is 1.77 bits per heavy atom. The van der Waals surface area contributed by atoms with Gasteiger partial charge in [-0.25, -0.2) is 27.0 Å². The number of nitrogens with one attached hydrogen (secondary N) is 2. The molecule has 2 heterocycles. The Bertz CT molecular complexity index is 1890. The number of hydrogen-bond donors (Lipinski definition) is 3. The number of sulfonamides is 1. The summed E-state index contributed by atoms with van der Waals surface area (Å²) >= 11 is 6.50. The molecule has 206 valence electrons. The summed E-state index contributed by atoms with van der Waals surface area (Å²) in [6, 6.07) is 14.3. The molecule has 0 aliphatic carbocycles. The van der Waals surface area contributed by atoms with E-state index in [1.165, 1.54) is 4.68 Å². The topological polar surface area (TPSA) is 126 Å². The van der Waals surface area contributed by atoms with Crippen LogP contribution in [0.4, 0.5) is 19.4 Å². The summed E-state index contributed by atoms with van der Waals surface area (Å²) in [6.07, 6.45) is -0.472. The van der Waals surface area contributed by atoms with Crippen molar-refractivity contribution in [1.82, 2.24) is 20.1 Å². The molecule has 0 saturated heterocycles. The summed E-state index contributed by atoms with van der Waals surface area (Å²) in [5, 5.41) is 17.8. The molecule has 0 spiro atoms. The number of anilines is 1. The first kappa shape index (κ1) is 27.3. The highest BCUT2D eigenvalue weighted by Crippen LogP contribution is 2.40. The molecule has 5 aromatic rings. The summed E-state index contributed by atoms with van der Waals surface area (Å²) < 4.78 is 55.9. The summed E-state index contributed by atoms with van der Waals surface area (Å²) in [6.45, 7) is 0. The van der Waals surface area contributed by atoms with E-state index in [0.717, 1.165) is 29.8 Å². The maximum Gasteiger partial charge on any atom is 0.405 e. The number of carboxylic acid groups (broad SMARTS) is 1. The number of amides is 1. The van der Waals surface area contributed by atoms with Crippen LogP contribution in [-0.2, 0) is 23.5 Å². The van der Waals surface area contributed by atoms with Gasteiger partial charge in [0.2, 0.25) is 10.0 Å². The van der Waals surface area contributed by atoms with Gasteiger partial charge in [-0.1, -0.05) is 35.9 Å². The third-order valence-corrected chi connectivity index (χ3v) is 7.13. The van der Waals surface area contributed by atoms with Gasteiger partial charge in [0.15, 0.2) is 5.82 Å². The van der Waals surface area contributed by atoms with Crippen molar-refractivity contribution in [2.45, 2.75) is 12.5 Å². The van der Waals surface area contributed by atoms with E-state index in [2.05, 4.69) is 15.1 Å². The number of pyridine rings is 1. The van der Waals surface area contributed by atoms with Crippen molar-refractivity contribution in [2.75, 3.05) is 11.0 Å². The molecule has 5 rings (SSSR count). The van der Waals surface area contributed by atoms with Gasteiger partial charge < -0.3 is 10.4 Å². The average Bonchev–Trinajstić information content (AvgIpc) is 3.17. The molecular weight excluding hydrogens is 564 g/mol. The molecule has 1 atom stereocenters. The average molecular weight is 586 g/mol. The van der Waals surface area contributed by atoms with Crippen LogP contribution in [0.2, 0.25) is 5.02 Å². The maximum absolute atomic E-state index is 14.0. The first-order valence-corrected chi connectivity index (χ1v) is 14.1. The molecule has 2 aromatic heterocycles. The van der Waals surface area contributed by atoms with Crippen LogP contribution in [0.1, 0.15) is 17.3 Å². The first-order chi connectivity index (χ1) is 18.9. The first-order valence-electron chi connectivity index (χ1n) is 11.9. The lowest BCUT2D eigenvalue weighted by Gasteiger charge is -2.21. The zero-order chi connectivity index (χ0) is 28.8. The highest BCUT2D eigenvalue weighted by molar-refractivity contribution is 7.92. The third kappa shape index (κ3) is 5.54. The van der Waals surface area contributed by atoms with E-state index in [1.54, 1.807) is 31.3 Å². The minimum Gasteiger partial charge on any atom is -0.465 e. The fourth-order valence-electron chi connectivity index (χ4n) is 4.78. The number of hydrogen-bond acceptors (Lipinski definition) is 5. The summed E-state index contributed by atoms with van der Waals surface area (Å²) in [5.74, 6) is -1.57. The van der Waals surface area contributed by atoms with Gasteiger partial charge in [-0.3, -0.25) is 9.40 Å². The fraction of sp³-hybridized carbons (Fsp3) is 0.148. The van der Waals surface area contributed by atoms with E-state index < -0.39 is 33.8 Å². The van der Waals surface area contributed by atoms with Crippen molar-refractivity contribution in [3.05, 3.63) is 88.6 Å². The largest absolute Gasteiger partial charge is 0.465 e. The highest BCUT2D eigenvalue weighted by atomic mass is 35.5. The lowest BCUT2D eigenvalue weighted by Crippen LogP contribution is -2.29. The Kier molecular flexibility index (Phi) is 7.06. The minimum atomic E-state index is -3.69. The fourth-order valence-corrected chi connectivity index (χ4v) is 5.52. The van der Waals surface area contributed by atoms with Gasteiger partial charge in [0.25, 0.3) is 0 Å². The molecular formula is C27H22ClF2N5O4S. The van der Waals surface area contributed by atoms with Gasteiger partial charge in [0.05, 0.1) is 39.4 Å². The molecule has 0 fully saturated rings. The second-order valence-electron chi connectivity index (χ2n) is 9.26. The van der Waals surface area contributed by atoms with Crippen molar-refractivity contribution in [1.29, 1.82) is 0 Å². The van der Waals surface area contributed by atoms with Crippen LogP contribution in [0.15, 0.2) is 60.7 Å². The van der Waals surface area contributed by atoms with Crippen LogP contribution >= 0.6 is 11.6 Å². The SMILES string of the molecule is Cn1nc(NS(C)(=O)=O)c2c(Cl)ccc(-c3cc4ccccc4nc3[C@H](Cc3cc(F)cc(F)c3)NC(=O)O)c21. The number of halogens is 3. The maximum atomic E-state index is 14.0. The molecule has 3 N–H and O–H groups in total. The van der Waals surface area contributed by atoms with Crippen LogP contribution in [0, 0.1) is 11.6 Å². The van der Waals surface area contributed by atoms with Crippen molar-refractivity contribution >= 4 is 55.3 Å². The minimum absolute atomic E-state index is 0.0256. The molecule has 0 unspecified atom stereocenters. The molecule has 0 aliphatic rings. The standard InChI is InChI=1S/C27H22ClF2N5O4S/c1-35-25-18(7-8-20(28)23(25)26(33-35)34-40(2,38)39)19-12-15-5-3-4-6-21(15)31-24(19)22(32-27(36)37)11-14-9-16(29)13-17(30)10-14/h3-10,12-13,22,32H,11H2,1-2H3,(H,33,34)(H,36,37)/t22-/m0/s1. The Morgan fingerprint density at radius 1 is 1.07 bits per heavy atom. The van der Waals surface area contributed by atoms with Gasteiger partial charge >= 0.3 is 6.09 Å². The monoisotopic (exact) mass is 585 g/mol. The van der Waals surface area contributed by atoms with Crippen LogP contribution in [0.25, 0.3) is 32.9 Å². The molecule has 3 aromatic carbocycles. The lowest BCUT2D eigenvalue weighted by molar-refractivity contribution is 0.189. The normalized spacial score (nSPS) is 12.5. The Labute approximate surface area is 232 Å². The Balaban J connectivity index is 1.79. The highest BCUT2D eigenvalue weighted by Gasteiger charge is 2.26. The molecule has 13 heteroatoms. The van der Waals surface area contributed by atoms with Crippen molar-refractivity contribution < 1.29 is 27.1 Å². The van der Waals surface area contributed by atoms with E-state index in [1.807, 2.05) is 18.2 Å².